The Hall–Kier alpha value is -4.26. The normalized spacial score (nSPS) is 15.5. The lowest BCUT2D eigenvalue weighted by Crippen LogP contribution is -2.41. The van der Waals surface area contributed by atoms with Crippen LogP contribution in [-0.4, -0.2) is 51.7 Å². The first kappa shape index (κ1) is 27.3. The van der Waals surface area contributed by atoms with Gasteiger partial charge in [0.25, 0.3) is 5.91 Å². The summed E-state index contributed by atoms with van der Waals surface area (Å²) in [5.74, 6) is -3.73. The largest absolute Gasteiger partial charge is 0.490 e. The van der Waals surface area contributed by atoms with E-state index in [-0.39, 0.29) is 36.9 Å². The lowest BCUT2D eigenvalue weighted by Gasteiger charge is -2.27. The van der Waals surface area contributed by atoms with Gasteiger partial charge in [0, 0.05) is 43.5 Å². The third-order valence-corrected chi connectivity index (χ3v) is 5.47. The van der Waals surface area contributed by atoms with Crippen molar-refractivity contribution in [3.63, 3.8) is 0 Å². The molecule has 0 fully saturated rings. The van der Waals surface area contributed by atoms with Crippen LogP contribution in [0.25, 0.3) is 11.1 Å². The highest BCUT2D eigenvalue weighted by Gasteiger charge is 2.38. The van der Waals surface area contributed by atoms with Gasteiger partial charge in [0.2, 0.25) is 11.9 Å². The molecule has 9 nitrogen and oxygen atoms in total. The molecular weight excluding hydrogens is 498 g/mol. The number of carbonyl (C=O) groups excluding carboxylic acids is 2. The standard InChI is InChI=1S/C22H22FN5O2.C2HF3O2/c23-20-9-15(6-7-25-20)16-8-19-22(30)26-12-17(28(19)13-16)10-21(29)27-18(11-24)14-4-2-1-3-5-14;3-2(4,5)1(6)7/h1-9,13,17-18H,10-12,24H2,(H,26,30)(H,27,29);(H,6,7)/t17-,18-;/m1./s1. The van der Waals surface area contributed by atoms with Crippen LogP contribution >= 0.6 is 0 Å². The van der Waals surface area contributed by atoms with E-state index in [1.165, 1.54) is 12.3 Å². The summed E-state index contributed by atoms with van der Waals surface area (Å²) in [4.78, 5) is 37.5. The molecule has 3 heterocycles. The van der Waals surface area contributed by atoms with Gasteiger partial charge in [0.05, 0.1) is 12.1 Å². The Bertz CT molecular complexity index is 1260. The number of aromatic nitrogens is 2. The van der Waals surface area contributed by atoms with E-state index in [9.17, 15) is 27.2 Å². The number of pyridine rings is 1. The van der Waals surface area contributed by atoms with Crippen LogP contribution in [0.15, 0.2) is 60.9 Å². The molecule has 3 aromatic rings. The van der Waals surface area contributed by atoms with Crippen molar-refractivity contribution in [1.82, 2.24) is 20.2 Å². The third kappa shape index (κ3) is 7.13. The molecule has 0 unspecified atom stereocenters. The van der Waals surface area contributed by atoms with Crippen LogP contribution in [0, 0.1) is 5.95 Å². The number of aliphatic carboxylic acids is 1. The summed E-state index contributed by atoms with van der Waals surface area (Å²) in [6, 6.07) is 13.7. The van der Waals surface area contributed by atoms with E-state index in [0.29, 0.717) is 23.4 Å². The number of carboxylic acids is 1. The number of fused-ring (bicyclic) bond motifs is 1. The SMILES string of the molecule is NC[C@@H](NC(=O)C[C@@H]1CNC(=O)c2cc(-c3ccnc(F)c3)cn21)c1ccccc1.O=C(O)C(F)(F)F. The number of hydrogen-bond acceptors (Lipinski definition) is 5. The molecule has 2 amide bonds. The fraction of sp³-hybridized carbons (Fsp3) is 0.250. The number of rotatable bonds is 6. The van der Waals surface area contributed by atoms with E-state index in [2.05, 4.69) is 15.6 Å². The Labute approximate surface area is 208 Å². The van der Waals surface area contributed by atoms with Gasteiger partial charge in [0.15, 0.2) is 0 Å². The van der Waals surface area contributed by atoms with Gasteiger partial charge < -0.3 is 26.0 Å². The van der Waals surface area contributed by atoms with Crippen molar-refractivity contribution in [2.45, 2.75) is 24.7 Å². The first-order valence-corrected chi connectivity index (χ1v) is 11.0. The van der Waals surface area contributed by atoms with Crippen LogP contribution in [-0.2, 0) is 9.59 Å². The molecule has 0 bridgehead atoms. The van der Waals surface area contributed by atoms with Crippen LogP contribution < -0.4 is 16.4 Å². The minimum atomic E-state index is -5.08. The molecule has 1 aliphatic heterocycles. The third-order valence-electron chi connectivity index (χ3n) is 5.47. The molecule has 196 valence electrons. The highest BCUT2D eigenvalue weighted by Crippen LogP contribution is 2.28. The van der Waals surface area contributed by atoms with Gasteiger partial charge in [-0.1, -0.05) is 30.3 Å². The van der Waals surface area contributed by atoms with Crippen molar-refractivity contribution in [1.29, 1.82) is 0 Å². The molecule has 1 aliphatic rings. The average molecular weight is 521 g/mol. The highest BCUT2D eigenvalue weighted by atomic mass is 19.4. The van der Waals surface area contributed by atoms with E-state index in [1.807, 2.05) is 30.3 Å². The van der Waals surface area contributed by atoms with Crippen LogP contribution in [0.1, 0.15) is 34.6 Å². The van der Waals surface area contributed by atoms with E-state index in [0.717, 1.165) is 5.56 Å². The number of amides is 2. The maximum atomic E-state index is 13.5. The molecule has 2 atom stereocenters. The zero-order valence-electron chi connectivity index (χ0n) is 19.2. The number of nitrogens with one attached hydrogen (secondary N) is 2. The van der Waals surface area contributed by atoms with Gasteiger partial charge >= 0.3 is 12.1 Å². The second kappa shape index (κ2) is 11.6. The molecule has 1 aromatic carbocycles. The molecule has 0 saturated heterocycles. The number of halogens is 4. The Morgan fingerprint density at radius 1 is 1.19 bits per heavy atom. The Kier molecular flexibility index (Phi) is 8.60. The smallest absolute Gasteiger partial charge is 0.475 e. The molecule has 13 heteroatoms. The predicted molar refractivity (Wildman–Crippen MR) is 124 cm³/mol. The average Bonchev–Trinajstić information content (AvgIpc) is 3.32. The number of nitrogens with zero attached hydrogens (tertiary/aromatic N) is 2. The minimum absolute atomic E-state index is 0.161. The molecule has 37 heavy (non-hydrogen) atoms. The Balaban J connectivity index is 0.000000479. The van der Waals surface area contributed by atoms with Crippen molar-refractivity contribution in [2.75, 3.05) is 13.1 Å². The topological polar surface area (TPSA) is 139 Å². The second-order valence-corrected chi connectivity index (χ2v) is 8.03. The molecule has 2 aromatic heterocycles. The number of benzene rings is 1. The summed E-state index contributed by atoms with van der Waals surface area (Å²) in [5.41, 5.74) is 8.53. The van der Waals surface area contributed by atoms with Crippen LogP contribution in [0.3, 0.4) is 0 Å². The monoisotopic (exact) mass is 521 g/mol. The first-order chi connectivity index (χ1) is 17.5. The van der Waals surface area contributed by atoms with Crippen molar-refractivity contribution >= 4 is 17.8 Å². The van der Waals surface area contributed by atoms with Crippen LogP contribution in [0.2, 0.25) is 0 Å². The molecule has 0 aliphatic carbocycles. The van der Waals surface area contributed by atoms with Crippen molar-refractivity contribution < 1.29 is 37.1 Å². The van der Waals surface area contributed by atoms with Crippen molar-refractivity contribution in [2.24, 2.45) is 5.73 Å². The predicted octanol–water partition coefficient (Wildman–Crippen LogP) is 2.81. The minimum Gasteiger partial charge on any atom is -0.475 e. The number of hydrogen-bond donors (Lipinski definition) is 4. The van der Waals surface area contributed by atoms with Crippen molar-refractivity contribution in [3.8, 4) is 11.1 Å². The number of carbonyl (C=O) groups is 3. The maximum absolute atomic E-state index is 13.5. The fourth-order valence-electron chi connectivity index (χ4n) is 3.70. The van der Waals surface area contributed by atoms with E-state index in [1.54, 1.807) is 22.9 Å². The number of carboxylic acid groups (broad SMARTS) is 1. The van der Waals surface area contributed by atoms with Gasteiger partial charge in [-0.25, -0.2) is 9.78 Å². The lowest BCUT2D eigenvalue weighted by atomic mass is 10.1. The Morgan fingerprint density at radius 3 is 2.46 bits per heavy atom. The summed E-state index contributed by atoms with van der Waals surface area (Å²) in [6.07, 6.45) is -1.75. The second-order valence-electron chi connectivity index (χ2n) is 8.03. The fourth-order valence-corrected chi connectivity index (χ4v) is 3.70. The van der Waals surface area contributed by atoms with E-state index >= 15 is 0 Å². The van der Waals surface area contributed by atoms with E-state index in [4.69, 9.17) is 15.6 Å². The van der Waals surface area contributed by atoms with Crippen LogP contribution in [0.4, 0.5) is 17.6 Å². The van der Waals surface area contributed by atoms with Crippen LogP contribution in [0.5, 0.6) is 0 Å². The van der Waals surface area contributed by atoms with Crippen molar-refractivity contribution in [3.05, 3.63) is 78.1 Å². The van der Waals surface area contributed by atoms with Gasteiger partial charge in [-0.15, -0.1) is 0 Å². The quantitative estimate of drug-likeness (QED) is 0.291. The van der Waals surface area contributed by atoms with Gasteiger partial charge in [-0.2, -0.15) is 17.6 Å². The Morgan fingerprint density at radius 2 is 1.86 bits per heavy atom. The summed E-state index contributed by atoms with van der Waals surface area (Å²) in [5, 5.41) is 12.9. The molecule has 5 N–H and O–H groups in total. The van der Waals surface area contributed by atoms with Gasteiger partial charge in [-0.05, 0) is 23.3 Å². The molecular formula is C24H23F4N5O4. The lowest BCUT2D eigenvalue weighted by molar-refractivity contribution is -0.192. The molecule has 0 spiro atoms. The summed E-state index contributed by atoms with van der Waals surface area (Å²) >= 11 is 0. The number of nitrogens with two attached hydrogens (primary N) is 1. The zero-order valence-corrected chi connectivity index (χ0v) is 19.2. The van der Waals surface area contributed by atoms with Gasteiger partial charge in [0.1, 0.15) is 5.69 Å². The maximum Gasteiger partial charge on any atom is 0.490 e. The summed E-state index contributed by atoms with van der Waals surface area (Å²) in [7, 11) is 0. The first-order valence-electron chi connectivity index (χ1n) is 11.0. The number of alkyl halides is 3. The summed E-state index contributed by atoms with van der Waals surface area (Å²) in [6.45, 7) is 0.611. The zero-order chi connectivity index (χ0) is 27.2. The molecule has 0 radical (unpaired) electrons. The molecule has 0 saturated carbocycles. The van der Waals surface area contributed by atoms with E-state index < -0.39 is 18.1 Å². The van der Waals surface area contributed by atoms with Gasteiger partial charge in [-0.3, -0.25) is 9.59 Å². The highest BCUT2D eigenvalue weighted by molar-refractivity contribution is 5.95. The summed E-state index contributed by atoms with van der Waals surface area (Å²) < 4.78 is 47.0. The molecule has 4 rings (SSSR count).